The van der Waals surface area contributed by atoms with Gasteiger partial charge in [0.2, 0.25) is 0 Å². The summed E-state index contributed by atoms with van der Waals surface area (Å²) in [6.45, 7) is 0.712. The van der Waals surface area contributed by atoms with Crippen molar-refractivity contribution in [3.05, 3.63) is 119 Å². The van der Waals surface area contributed by atoms with Crippen LogP contribution in [-0.4, -0.2) is 23.8 Å². The number of rotatable bonds is 4. The molecule has 3 aliphatic rings. The molecule has 0 spiro atoms. The topological polar surface area (TPSA) is 20.3 Å². The van der Waals surface area contributed by atoms with E-state index in [1.807, 2.05) is 89.9 Å². The Hall–Kier alpha value is -2.51. The summed E-state index contributed by atoms with van der Waals surface area (Å²) in [5.74, 6) is 0.367. The van der Waals surface area contributed by atoms with Gasteiger partial charge in [0.25, 0.3) is 0 Å². The summed E-state index contributed by atoms with van der Waals surface area (Å²) in [5.41, 5.74) is 5.76. The van der Waals surface area contributed by atoms with Crippen LogP contribution in [0.15, 0.2) is 102 Å². The van der Waals surface area contributed by atoms with Gasteiger partial charge >= 0.3 is 218 Å². The Morgan fingerprint density at radius 2 is 1.71 bits per heavy atom. The Kier molecular flexibility index (Phi) is 5.80. The van der Waals surface area contributed by atoms with Gasteiger partial charge in [0.05, 0.1) is 0 Å². The molecule has 0 N–H and O–H groups in total. The average molecular weight is 545 g/mol. The number of anilines is 1. The Balaban J connectivity index is 1.70. The van der Waals surface area contributed by atoms with Crippen molar-refractivity contribution < 1.29 is 24.0 Å². The Morgan fingerprint density at radius 1 is 0.971 bits per heavy atom. The number of hydrogen-bond donors (Lipinski definition) is 0. The fraction of sp³-hybridized carbons (Fsp3) is 0.138. The quantitative estimate of drug-likeness (QED) is 0.232. The predicted octanol–water partition coefficient (Wildman–Crippen LogP) is 5.89. The molecular formula is C29H22ClFNNiOP. The molecule has 1 aliphatic carbocycles. The maximum atomic E-state index is 15.3. The van der Waals surface area contributed by atoms with Gasteiger partial charge in [-0.3, -0.25) is 0 Å². The second kappa shape index (κ2) is 8.86. The third-order valence-electron chi connectivity index (χ3n) is 6.89. The summed E-state index contributed by atoms with van der Waals surface area (Å²) in [6, 6.07) is 23.8. The van der Waals surface area contributed by atoms with Crippen LogP contribution in [0.3, 0.4) is 0 Å². The third-order valence-corrected chi connectivity index (χ3v) is 10.6. The molecule has 3 aromatic carbocycles. The summed E-state index contributed by atoms with van der Waals surface area (Å²) >= 11 is 11.6. The zero-order valence-electron chi connectivity index (χ0n) is 18.7. The van der Waals surface area contributed by atoms with Crippen LogP contribution in [0.2, 0.25) is 0 Å². The second-order valence-electron chi connectivity index (χ2n) is 8.94. The Bertz CT molecular complexity index is 1500. The summed E-state index contributed by atoms with van der Waals surface area (Å²) in [4.78, 5) is 1.99. The van der Waals surface area contributed by atoms with E-state index < -0.39 is 13.3 Å². The van der Waals surface area contributed by atoms with Gasteiger partial charge < -0.3 is 0 Å². The Morgan fingerprint density at radius 3 is 2.46 bits per heavy atom. The van der Waals surface area contributed by atoms with E-state index in [9.17, 15) is 4.39 Å². The van der Waals surface area contributed by atoms with E-state index in [0.29, 0.717) is 23.5 Å². The van der Waals surface area contributed by atoms with Crippen molar-refractivity contribution in [2.24, 2.45) is 0 Å². The number of alkyl halides is 2. The monoisotopic (exact) mass is 543 g/mol. The van der Waals surface area contributed by atoms with E-state index in [4.69, 9.17) is 26.6 Å². The minimum atomic E-state index is -3.26. The number of hydrogen-bond acceptors (Lipinski definition) is 2. The summed E-state index contributed by atoms with van der Waals surface area (Å²) in [5, 5.41) is 2.28. The van der Waals surface area contributed by atoms with Crippen molar-refractivity contribution in [1.29, 1.82) is 0 Å². The summed E-state index contributed by atoms with van der Waals surface area (Å²) in [6.07, 6.45) is 5.00. The van der Waals surface area contributed by atoms with Crippen LogP contribution >= 0.6 is 18.7 Å². The molecule has 0 radical (unpaired) electrons. The molecule has 0 amide bonds. The molecule has 2 heterocycles. The maximum absolute atomic E-state index is 15.3. The van der Waals surface area contributed by atoms with Crippen molar-refractivity contribution in [2.75, 3.05) is 18.0 Å². The number of nitrogens with zero attached hydrogens (tertiary/aromatic N) is 1. The van der Waals surface area contributed by atoms with E-state index in [-0.39, 0.29) is 0 Å². The predicted molar refractivity (Wildman–Crippen MR) is 141 cm³/mol. The fourth-order valence-corrected chi connectivity index (χ4v) is 8.80. The van der Waals surface area contributed by atoms with E-state index >= 15 is 4.57 Å². The van der Waals surface area contributed by atoms with Crippen LogP contribution in [-0.2, 0) is 25.5 Å². The van der Waals surface area contributed by atoms with E-state index in [1.54, 1.807) is 0 Å². The van der Waals surface area contributed by atoms with Crippen molar-refractivity contribution in [3.63, 3.8) is 0 Å². The van der Waals surface area contributed by atoms with Gasteiger partial charge in [0.15, 0.2) is 0 Å². The molecule has 2 aliphatic heterocycles. The molecular weight excluding hydrogens is 522 g/mol. The molecule has 0 aromatic heterocycles. The first-order valence-corrected chi connectivity index (χ1v) is 14.2. The summed E-state index contributed by atoms with van der Waals surface area (Å²) < 4.78 is 29.7. The molecule has 2 nitrogen and oxygen atoms in total. The molecule has 1 unspecified atom stereocenters. The van der Waals surface area contributed by atoms with Crippen molar-refractivity contribution >= 4 is 45.1 Å². The normalized spacial score (nSPS) is 21.4. The van der Waals surface area contributed by atoms with Crippen LogP contribution in [0.25, 0.3) is 5.57 Å². The van der Waals surface area contributed by atoms with Crippen LogP contribution in [0, 0.1) is 0 Å². The van der Waals surface area contributed by atoms with E-state index in [0.717, 1.165) is 49.4 Å². The molecule has 35 heavy (non-hydrogen) atoms. The molecule has 1 fully saturated rings. The standard InChI is InChI=1S/C29H22ClFNOP.Ni/c30-17-20-8-4-5-11-24(20)29-25-12-6-7-13-27(25)34(33,23-9-2-1-3-10-23)28-16-22(14-15-26(28)29)32-18-21(31)19-32;/h1-6,8-16,21H,17-19H2;. The Labute approximate surface area is 217 Å². The SMILES string of the molecule is O=P1(c2ccccc2)C2=C[C](=[Ni])C=CC2=C(c2ccccc2CCl)c2ccc(N3CC(F)C3)cc21. The van der Waals surface area contributed by atoms with Gasteiger partial charge in [-0.1, -0.05) is 0 Å². The molecule has 1 atom stereocenters. The fourth-order valence-electron chi connectivity index (χ4n) is 5.15. The molecule has 6 rings (SSSR count). The molecule has 0 bridgehead atoms. The molecule has 1 saturated heterocycles. The van der Waals surface area contributed by atoms with Gasteiger partial charge in [-0.15, -0.1) is 0 Å². The zero-order chi connectivity index (χ0) is 24.2. The van der Waals surface area contributed by atoms with Gasteiger partial charge in [0, 0.05) is 0 Å². The number of halogens is 2. The zero-order valence-corrected chi connectivity index (χ0v) is 21.4. The van der Waals surface area contributed by atoms with E-state index in [1.165, 1.54) is 0 Å². The van der Waals surface area contributed by atoms with Crippen LogP contribution < -0.4 is 15.5 Å². The first-order valence-electron chi connectivity index (χ1n) is 11.5. The first-order chi connectivity index (χ1) is 17.0. The van der Waals surface area contributed by atoms with Crippen LogP contribution in [0.1, 0.15) is 16.7 Å². The van der Waals surface area contributed by atoms with Crippen molar-refractivity contribution in [3.8, 4) is 0 Å². The van der Waals surface area contributed by atoms with Gasteiger partial charge in [-0.2, -0.15) is 0 Å². The first kappa shape index (κ1) is 22.9. The van der Waals surface area contributed by atoms with Gasteiger partial charge in [-0.25, -0.2) is 0 Å². The number of benzene rings is 3. The van der Waals surface area contributed by atoms with Gasteiger partial charge in [0.1, 0.15) is 0 Å². The summed E-state index contributed by atoms with van der Waals surface area (Å²) in [7, 11) is -3.26. The average Bonchev–Trinajstić information content (AvgIpc) is 2.88. The van der Waals surface area contributed by atoms with Crippen LogP contribution in [0.4, 0.5) is 10.1 Å². The molecule has 0 saturated carbocycles. The number of allylic oxidation sites excluding steroid dienone is 5. The second-order valence-corrected chi connectivity index (χ2v) is 12.5. The van der Waals surface area contributed by atoms with Gasteiger partial charge in [-0.05, 0) is 0 Å². The molecule has 3 aromatic rings. The van der Waals surface area contributed by atoms with E-state index in [2.05, 4.69) is 6.07 Å². The number of fused-ring (bicyclic) bond motifs is 2. The van der Waals surface area contributed by atoms with Crippen molar-refractivity contribution in [1.82, 2.24) is 0 Å². The van der Waals surface area contributed by atoms with Crippen molar-refractivity contribution in [2.45, 2.75) is 12.1 Å². The minimum absolute atomic E-state index is 0.356. The van der Waals surface area contributed by atoms with Crippen LogP contribution in [0.5, 0.6) is 0 Å². The molecule has 178 valence electrons. The molecule has 6 heteroatoms. The third kappa shape index (κ3) is 3.66.